The number of H-pyrrole nitrogens is 1. The van der Waals surface area contributed by atoms with Crippen LogP contribution in [0.15, 0.2) is 9.82 Å². The van der Waals surface area contributed by atoms with Crippen molar-refractivity contribution in [1.82, 2.24) is 19.5 Å². The molecule has 2 saturated carbocycles. The number of hydrogen-bond donors (Lipinski definition) is 1. The number of rotatable bonds is 6. The van der Waals surface area contributed by atoms with Crippen molar-refractivity contribution >= 4 is 22.9 Å². The van der Waals surface area contributed by atoms with Gasteiger partial charge in [-0.3, -0.25) is 4.57 Å². The Morgan fingerprint density at radius 3 is 2.50 bits per heavy atom. The van der Waals surface area contributed by atoms with Gasteiger partial charge in [-0.25, -0.2) is 9.78 Å². The number of fused-ring (bicyclic) bond motifs is 1. The van der Waals surface area contributed by atoms with Gasteiger partial charge in [0.05, 0.1) is 0 Å². The van der Waals surface area contributed by atoms with Gasteiger partial charge in [0.2, 0.25) is 0 Å². The van der Waals surface area contributed by atoms with Crippen molar-refractivity contribution in [2.24, 2.45) is 11.8 Å². The summed E-state index contributed by atoms with van der Waals surface area (Å²) in [6.07, 6.45) is 8.18. The zero-order valence-corrected chi connectivity index (χ0v) is 13.9. The van der Waals surface area contributed by atoms with Crippen molar-refractivity contribution < 1.29 is 0 Å². The number of thioether (sulfide) groups is 1. The molecule has 22 heavy (non-hydrogen) atoms. The summed E-state index contributed by atoms with van der Waals surface area (Å²) < 4.78 is 1.73. The molecular weight excluding hydrogens is 296 g/mol. The Morgan fingerprint density at radius 2 is 1.95 bits per heavy atom. The van der Waals surface area contributed by atoms with Crippen LogP contribution in [0.2, 0.25) is 0 Å². The Balaban J connectivity index is 1.87. The van der Waals surface area contributed by atoms with Crippen LogP contribution in [0.5, 0.6) is 0 Å². The first kappa shape index (κ1) is 14.3. The molecule has 0 bridgehead atoms. The first-order valence-corrected chi connectivity index (χ1v) is 9.49. The van der Waals surface area contributed by atoms with E-state index in [9.17, 15) is 4.79 Å². The fraction of sp³-hybridized carbons (Fsp3) is 0.688. The van der Waals surface area contributed by atoms with Crippen LogP contribution in [0.4, 0.5) is 0 Å². The highest BCUT2D eigenvalue weighted by molar-refractivity contribution is 7.98. The highest BCUT2D eigenvalue weighted by Crippen LogP contribution is 2.54. The van der Waals surface area contributed by atoms with Crippen molar-refractivity contribution in [2.45, 2.75) is 56.5 Å². The van der Waals surface area contributed by atoms with Crippen LogP contribution < -0.4 is 5.69 Å². The molecule has 5 nitrogen and oxygen atoms in total. The Hall–Kier alpha value is -1.30. The minimum Gasteiger partial charge on any atom is -0.338 e. The average molecular weight is 318 g/mol. The molecule has 0 radical (unpaired) electrons. The molecule has 2 aromatic heterocycles. The van der Waals surface area contributed by atoms with Crippen molar-refractivity contribution in [3.63, 3.8) is 0 Å². The van der Waals surface area contributed by atoms with Gasteiger partial charge < -0.3 is 4.98 Å². The van der Waals surface area contributed by atoms with Gasteiger partial charge in [0.1, 0.15) is 16.4 Å². The molecule has 2 aromatic rings. The Kier molecular flexibility index (Phi) is 3.51. The molecule has 2 fully saturated rings. The van der Waals surface area contributed by atoms with E-state index in [-0.39, 0.29) is 5.69 Å². The lowest BCUT2D eigenvalue weighted by molar-refractivity contribution is 0.514. The molecule has 0 saturated heterocycles. The van der Waals surface area contributed by atoms with Crippen LogP contribution >= 0.6 is 11.8 Å². The molecule has 0 unspecified atom stereocenters. The average Bonchev–Trinajstić information content (AvgIpc) is 3.42. The summed E-state index contributed by atoms with van der Waals surface area (Å²) in [5.74, 6) is 3.25. The molecule has 0 atom stereocenters. The molecule has 0 aliphatic heterocycles. The monoisotopic (exact) mass is 318 g/mol. The van der Waals surface area contributed by atoms with E-state index in [0.717, 1.165) is 40.3 Å². The summed E-state index contributed by atoms with van der Waals surface area (Å²) in [5, 5.41) is 0.774. The predicted octanol–water partition coefficient (Wildman–Crippen LogP) is 3.16. The number of imidazole rings is 1. The van der Waals surface area contributed by atoms with Crippen LogP contribution in [0.25, 0.3) is 11.2 Å². The zero-order valence-electron chi connectivity index (χ0n) is 13.1. The van der Waals surface area contributed by atoms with Crippen molar-refractivity contribution in [3.8, 4) is 0 Å². The van der Waals surface area contributed by atoms with E-state index in [1.165, 1.54) is 37.4 Å². The van der Waals surface area contributed by atoms with Crippen LogP contribution in [-0.4, -0.2) is 25.8 Å². The number of nitrogens with zero attached hydrogens (tertiary/aromatic N) is 3. The predicted molar refractivity (Wildman–Crippen MR) is 88.4 cm³/mol. The van der Waals surface area contributed by atoms with E-state index < -0.39 is 0 Å². The lowest BCUT2D eigenvalue weighted by Crippen LogP contribution is -2.24. The van der Waals surface area contributed by atoms with Crippen LogP contribution in [-0.2, 0) is 6.54 Å². The molecule has 0 aromatic carbocycles. The summed E-state index contributed by atoms with van der Waals surface area (Å²) in [6, 6.07) is 0. The normalized spacial score (nSPS) is 18.5. The second-order valence-corrected chi connectivity index (χ2v) is 7.37. The molecule has 0 amide bonds. The quantitative estimate of drug-likeness (QED) is 0.656. The van der Waals surface area contributed by atoms with E-state index in [1.54, 1.807) is 4.57 Å². The molecule has 2 heterocycles. The van der Waals surface area contributed by atoms with Gasteiger partial charge in [-0.1, -0.05) is 6.92 Å². The summed E-state index contributed by atoms with van der Waals surface area (Å²) >= 11 is 1.52. The van der Waals surface area contributed by atoms with E-state index in [0.29, 0.717) is 12.5 Å². The van der Waals surface area contributed by atoms with Gasteiger partial charge in [0.25, 0.3) is 0 Å². The molecule has 6 heteroatoms. The van der Waals surface area contributed by atoms with Gasteiger partial charge in [-0.15, -0.1) is 11.8 Å². The van der Waals surface area contributed by atoms with Crippen LogP contribution in [0.1, 0.15) is 50.8 Å². The summed E-state index contributed by atoms with van der Waals surface area (Å²) in [7, 11) is 0. The van der Waals surface area contributed by atoms with Gasteiger partial charge >= 0.3 is 5.69 Å². The Morgan fingerprint density at radius 1 is 1.27 bits per heavy atom. The third kappa shape index (κ3) is 2.37. The maximum Gasteiger partial charge on any atom is 0.350 e. The summed E-state index contributed by atoms with van der Waals surface area (Å²) in [4.78, 5) is 24.9. The largest absolute Gasteiger partial charge is 0.350 e. The fourth-order valence-electron chi connectivity index (χ4n) is 3.49. The van der Waals surface area contributed by atoms with E-state index in [1.807, 2.05) is 6.26 Å². The highest BCUT2D eigenvalue weighted by Gasteiger charge is 2.44. The molecule has 4 rings (SSSR count). The molecular formula is C16H22N4OS. The van der Waals surface area contributed by atoms with E-state index in [4.69, 9.17) is 4.98 Å². The maximum atomic E-state index is 12.3. The van der Waals surface area contributed by atoms with Gasteiger partial charge in [0.15, 0.2) is 5.65 Å². The molecule has 0 spiro atoms. The topological polar surface area (TPSA) is 63.6 Å². The molecule has 118 valence electrons. The van der Waals surface area contributed by atoms with E-state index >= 15 is 0 Å². The molecule has 1 N–H and O–H groups in total. The standard InChI is InChI=1S/C16H22N4OS/c1-3-8-20-14-12(15(22-2)19-16(20)21)17-13(18-14)11(9-4-5-9)10-6-7-10/h9-11H,3-8H2,1-2H3,(H,17,18). The Labute approximate surface area is 133 Å². The smallest absolute Gasteiger partial charge is 0.338 e. The van der Waals surface area contributed by atoms with Gasteiger partial charge in [-0.2, -0.15) is 4.98 Å². The minimum atomic E-state index is -0.175. The first-order chi connectivity index (χ1) is 10.7. The maximum absolute atomic E-state index is 12.3. The van der Waals surface area contributed by atoms with E-state index in [2.05, 4.69) is 16.9 Å². The molecule has 2 aliphatic rings. The van der Waals surface area contributed by atoms with Crippen molar-refractivity contribution in [1.29, 1.82) is 0 Å². The third-order valence-corrected chi connectivity index (χ3v) is 5.50. The number of nitrogens with one attached hydrogen (secondary N) is 1. The summed E-state index contributed by atoms with van der Waals surface area (Å²) in [5.41, 5.74) is 1.57. The van der Waals surface area contributed by atoms with Crippen LogP contribution in [0.3, 0.4) is 0 Å². The minimum absolute atomic E-state index is 0.175. The number of hydrogen-bond acceptors (Lipinski definition) is 4. The second kappa shape index (κ2) is 5.41. The zero-order chi connectivity index (χ0) is 15.3. The van der Waals surface area contributed by atoms with Gasteiger partial charge in [-0.05, 0) is 50.2 Å². The first-order valence-electron chi connectivity index (χ1n) is 8.27. The number of aromatic amines is 1. The number of aryl methyl sites for hydroxylation is 1. The SMILES string of the molecule is CCCn1c(=O)nc(SC)c2[nH]c(C(C3CC3)C3CC3)nc21. The Bertz CT molecular complexity index is 745. The number of aromatic nitrogens is 4. The van der Waals surface area contributed by atoms with Gasteiger partial charge in [0, 0.05) is 12.5 Å². The van der Waals surface area contributed by atoms with Crippen molar-refractivity contribution in [3.05, 3.63) is 16.3 Å². The summed E-state index contributed by atoms with van der Waals surface area (Å²) in [6.45, 7) is 2.75. The highest BCUT2D eigenvalue weighted by atomic mass is 32.2. The lowest BCUT2D eigenvalue weighted by atomic mass is 9.97. The van der Waals surface area contributed by atoms with Crippen molar-refractivity contribution in [2.75, 3.05) is 6.26 Å². The lowest BCUT2D eigenvalue weighted by Gasteiger charge is -2.11. The fourth-order valence-corrected chi connectivity index (χ4v) is 4.01. The molecule has 2 aliphatic carbocycles. The van der Waals surface area contributed by atoms with Crippen LogP contribution in [0, 0.1) is 11.8 Å². The third-order valence-electron chi connectivity index (χ3n) is 4.82. The second-order valence-electron chi connectivity index (χ2n) is 6.58.